The first kappa shape index (κ1) is 19.3. The molecular weight excluding hydrogens is 362 g/mol. The molecule has 0 bridgehead atoms. The van der Waals surface area contributed by atoms with Crippen LogP contribution in [0.1, 0.15) is 20.3 Å². The first-order valence-corrected chi connectivity index (χ1v) is 8.73. The second-order valence-electron chi connectivity index (χ2n) is 5.88. The number of methoxy groups -OCH3 is 2. The summed E-state index contributed by atoms with van der Waals surface area (Å²) in [5.74, 6) is 1.32. The molecule has 0 spiro atoms. The second-order valence-corrected chi connectivity index (χ2v) is 5.88. The van der Waals surface area contributed by atoms with Crippen molar-refractivity contribution in [2.45, 2.75) is 20.3 Å². The normalized spacial score (nSPS) is 10.6. The topological polar surface area (TPSA) is 108 Å². The van der Waals surface area contributed by atoms with Crippen LogP contribution in [-0.4, -0.2) is 46.7 Å². The Balaban J connectivity index is 2.10. The third-order valence-corrected chi connectivity index (χ3v) is 3.79. The summed E-state index contributed by atoms with van der Waals surface area (Å²) in [6.07, 6.45) is 2.39. The van der Waals surface area contributed by atoms with E-state index in [0.29, 0.717) is 35.0 Å². The van der Waals surface area contributed by atoms with E-state index in [0.717, 1.165) is 12.0 Å². The number of anilines is 1. The number of nitrogens with one attached hydrogen (secondary N) is 1. The Labute approximate surface area is 162 Å². The van der Waals surface area contributed by atoms with Crippen LogP contribution in [0.25, 0.3) is 22.4 Å². The zero-order valence-electron chi connectivity index (χ0n) is 16.1. The van der Waals surface area contributed by atoms with Crippen LogP contribution < -0.4 is 19.5 Å². The first-order valence-electron chi connectivity index (χ1n) is 8.73. The van der Waals surface area contributed by atoms with Gasteiger partial charge in [-0.2, -0.15) is 9.97 Å². The van der Waals surface area contributed by atoms with Gasteiger partial charge in [-0.3, -0.25) is 10.1 Å². The highest BCUT2D eigenvalue weighted by Crippen LogP contribution is 2.32. The van der Waals surface area contributed by atoms with E-state index in [1.165, 1.54) is 6.92 Å². The van der Waals surface area contributed by atoms with Crippen molar-refractivity contribution < 1.29 is 19.0 Å². The predicted molar refractivity (Wildman–Crippen MR) is 104 cm³/mol. The number of fused-ring (bicyclic) bond motifs is 1. The molecule has 0 fully saturated rings. The molecule has 2 aromatic heterocycles. The molecule has 1 N–H and O–H groups in total. The van der Waals surface area contributed by atoms with Crippen molar-refractivity contribution in [2.24, 2.45) is 0 Å². The van der Waals surface area contributed by atoms with E-state index in [9.17, 15) is 4.79 Å². The highest BCUT2D eigenvalue weighted by molar-refractivity contribution is 5.88. The SMILES string of the molecule is CCCOc1nc(NC(C)=O)nc2ncc(-c3ccc(OC)c(OC)c3)nc12. The van der Waals surface area contributed by atoms with Gasteiger partial charge in [0.15, 0.2) is 22.7 Å². The fraction of sp³-hybridized carbons (Fsp3) is 0.316. The molecule has 9 nitrogen and oxygen atoms in total. The number of hydrogen-bond donors (Lipinski definition) is 1. The molecule has 2 heterocycles. The summed E-state index contributed by atoms with van der Waals surface area (Å²) >= 11 is 0. The van der Waals surface area contributed by atoms with Gasteiger partial charge in [-0.1, -0.05) is 6.92 Å². The Bertz CT molecular complexity index is 1010. The monoisotopic (exact) mass is 383 g/mol. The smallest absolute Gasteiger partial charge is 0.247 e. The van der Waals surface area contributed by atoms with Gasteiger partial charge in [0.05, 0.1) is 32.7 Å². The lowest BCUT2D eigenvalue weighted by Gasteiger charge is -2.11. The predicted octanol–water partition coefficient (Wildman–Crippen LogP) is 2.85. The third kappa shape index (κ3) is 4.08. The molecule has 0 aliphatic heterocycles. The number of aromatic nitrogens is 4. The van der Waals surface area contributed by atoms with Crippen LogP contribution in [0.2, 0.25) is 0 Å². The van der Waals surface area contributed by atoms with E-state index in [-0.39, 0.29) is 17.7 Å². The van der Waals surface area contributed by atoms with E-state index in [2.05, 4.69) is 25.3 Å². The Morgan fingerprint density at radius 2 is 1.89 bits per heavy atom. The minimum absolute atomic E-state index is 0.124. The van der Waals surface area contributed by atoms with E-state index < -0.39 is 0 Å². The maximum atomic E-state index is 11.3. The van der Waals surface area contributed by atoms with Gasteiger partial charge in [0.2, 0.25) is 17.7 Å². The average molecular weight is 383 g/mol. The van der Waals surface area contributed by atoms with E-state index in [4.69, 9.17) is 14.2 Å². The van der Waals surface area contributed by atoms with Crippen LogP contribution in [0.5, 0.6) is 17.4 Å². The Kier molecular flexibility index (Phi) is 5.83. The highest BCUT2D eigenvalue weighted by Gasteiger charge is 2.15. The van der Waals surface area contributed by atoms with Gasteiger partial charge in [0, 0.05) is 12.5 Å². The van der Waals surface area contributed by atoms with Gasteiger partial charge in [0.1, 0.15) is 0 Å². The molecule has 0 atom stereocenters. The van der Waals surface area contributed by atoms with Crippen molar-refractivity contribution in [1.82, 2.24) is 19.9 Å². The fourth-order valence-corrected chi connectivity index (χ4v) is 2.53. The lowest BCUT2D eigenvalue weighted by atomic mass is 10.1. The van der Waals surface area contributed by atoms with Gasteiger partial charge < -0.3 is 14.2 Å². The Morgan fingerprint density at radius 3 is 2.57 bits per heavy atom. The summed E-state index contributed by atoms with van der Waals surface area (Å²) < 4.78 is 16.3. The molecule has 1 amide bonds. The van der Waals surface area contributed by atoms with Crippen LogP contribution in [0.3, 0.4) is 0 Å². The molecule has 0 aliphatic carbocycles. The molecule has 1 aromatic carbocycles. The molecule has 0 aliphatic rings. The highest BCUT2D eigenvalue weighted by atomic mass is 16.5. The molecule has 146 valence electrons. The maximum Gasteiger partial charge on any atom is 0.247 e. The molecule has 0 saturated carbocycles. The molecule has 0 radical (unpaired) electrons. The van der Waals surface area contributed by atoms with Crippen molar-refractivity contribution in [1.29, 1.82) is 0 Å². The van der Waals surface area contributed by atoms with Gasteiger partial charge >= 0.3 is 0 Å². The molecule has 3 rings (SSSR count). The molecular formula is C19H21N5O4. The van der Waals surface area contributed by atoms with Crippen molar-refractivity contribution in [3.05, 3.63) is 24.4 Å². The standard InChI is InChI=1S/C19H21N5O4/c1-5-8-28-18-16-17(23-19(24-18)21-11(2)25)20-10-13(22-16)12-6-7-14(26-3)15(9-12)27-4/h6-7,9-10H,5,8H2,1-4H3,(H,20,21,23,24,25). The lowest BCUT2D eigenvalue weighted by molar-refractivity contribution is -0.114. The van der Waals surface area contributed by atoms with Crippen molar-refractivity contribution in [3.8, 4) is 28.6 Å². The number of carbonyl (C=O) groups excluding carboxylic acids is 1. The van der Waals surface area contributed by atoms with Crippen molar-refractivity contribution in [2.75, 3.05) is 26.1 Å². The van der Waals surface area contributed by atoms with Crippen LogP contribution in [0.4, 0.5) is 5.95 Å². The fourth-order valence-electron chi connectivity index (χ4n) is 2.53. The largest absolute Gasteiger partial charge is 0.493 e. The minimum atomic E-state index is -0.282. The van der Waals surface area contributed by atoms with Crippen LogP contribution >= 0.6 is 0 Å². The van der Waals surface area contributed by atoms with E-state index in [1.54, 1.807) is 26.5 Å². The lowest BCUT2D eigenvalue weighted by Crippen LogP contribution is -2.11. The second kappa shape index (κ2) is 8.47. The summed E-state index contributed by atoms with van der Waals surface area (Å²) in [5, 5.41) is 2.55. The quantitative estimate of drug-likeness (QED) is 0.663. The summed E-state index contributed by atoms with van der Waals surface area (Å²) in [6.45, 7) is 3.82. The third-order valence-electron chi connectivity index (χ3n) is 3.79. The molecule has 0 saturated heterocycles. The summed E-state index contributed by atoms with van der Waals surface area (Å²) in [7, 11) is 3.15. The summed E-state index contributed by atoms with van der Waals surface area (Å²) in [6, 6.07) is 5.47. The molecule has 28 heavy (non-hydrogen) atoms. The number of carbonyl (C=O) groups is 1. The number of ether oxygens (including phenoxy) is 3. The average Bonchev–Trinajstić information content (AvgIpc) is 2.70. The van der Waals surface area contributed by atoms with Crippen LogP contribution in [-0.2, 0) is 4.79 Å². The zero-order valence-corrected chi connectivity index (χ0v) is 16.1. The number of amides is 1. The van der Waals surface area contributed by atoms with Gasteiger partial charge in [0.25, 0.3) is 0 Å². The van der Waals surface area contributed by atoms with E-state index in [1.807, 2.05) is 19.1 Å². The zero-order chi connectivity index (χ0) is 20.1. The van der Waals surface area contributed by atoms with Gasteiger partial charge in [-0.25, -0.2) is 9.97 Å². The minimum Gasteiger partial charge on any atom is -0.493 e. The maximum absolute atomic E-state index is 11.3. The van der Waals surface area contributed by atoms with Crippen LogP contribution in [0.15, 0.2) is 24.4 Å². The number of benzene rings is 1. The number of rotatable bonds is 7. The van der Waals surface area contributed by atoms with Crippen molar-refractivity contribution >= 4 is 23.0 Å². The van der Waals surface area contributed by atoms with Crippen LogP contribution in [0, 0.1) is 0 Å². The molecule has 9 heteroatoms. The Hall–Kier alpha value is -3.49. The Morgan fingerprint density at radius 1 is 1.11 bits per heavy atom. The van der Waals surface area contributed by atoms with Gasteiger partial charge in [-0.05, 0) is 24.6 Å². The molecule has 3 aromatic rings. The summed E-state index contributed by atoms with van der Waals surface area (Å²) in [4.78, 5) is 28.8. The summed E-state index contributed by atoms with van der Waals surface area (Å²) in [5.41, 5.74) is 2.13. The van der Waals surface area contributed by atoms with E-state index >= 15 is 0 Å². The molecule has 0 unspecified atom stereocenters. The number of nitrogens with zero attached hydrogens (tertiary/aromatic N) is 4. The van der Waals surface area contributed by atoms with Gasteiger partial charge in [-0.15, -0.1) is 0 Å². The van der Waals surface area contributed by atoms with Crippen molar-refractivity contribution in [3.63, 3.8) is 0 Å². The first-order chi connectivity index (χ1) is 13.5. The number of hydrogen-bond acceptors (Lipinski definition) is 8.